The topological polar surface area (TPSA) is 53.8 Å². The summed E-state index contributed by atoms with van der Waals surface area (Å²) in [6, 6.07) is 10.6. The van der Waals surface area contributed by atoms with Gasteiger partial charge in [-0.05, 0) is 53.9 Å². The number of rotatable bonds is 5. The highest BCUT2D eigenvalue weighted by atomic mass is 35.5. The summed E-state index contributed by atoms with van der Waals surface area (Å²) in [5, 5.41) is 1.63. The van der Waals surface area contributed by atoms with Crippen molar-refractivity contribution < 1.29 is 4.39 Å². The van der Waals surface area contributed by atoms with Crippen LogP contribution >= 0.6 is 23.5 Å². The molecule has 0 saturated carbocycles. The molecule has 0 aliphatic carbocycles. The highest BCUT2D eigenvalue weighted by Crippen LogP contribution is 2.33. The second-order valence-electron chi connectivity index (χ2n) is 4.85. The van der Waals surface area contributed by atoms with Gasteiger partial charge in [-0.25, -0.2) is 4.39 Å². The van der Waals surface area contributed by atoms with Gasteiger partial charge in [0.05, 0.1) is 0 Å². The van der Waals surface area contributed by atoms with Crippen molar-refractivity contribution in [3.05, 3.63) is 53.4 Å². The van der Waals surface area contributed by atoms with Crippen LogP contribution in [-0.4, -0.2) is 18.1 Å². The SMILES string of the molecule is NCCNSc1cc(Cl)cc(-c2c[nH]c3cc(F)ccc23)c1. The summed E-state index contributed by atoms with van der Waals surface area (Å²) < 4.78 is 16.5. The number of aromatic nitrogens is 1. The van der Waals surface area contributed by atoms with Gasteiger partial charge in [-0.15, -0.1) is 0 Å². The third kappa shape index (κ3) is 3.28. The maximum Gasteiger partial charge on any atom is 0.125 e. The van der Waals surface area contributed by atoms with E-state index < -0.39 is 0 Å². The molecule has 4 N–H and O–H groups in total. The number of nitrogens with two attached hydrogens (primary N) is 1. The molecule has 0 aliphatic rings. The van der Waals surface area contributed by atoms with Crippen LogP contribution in [0.4, 0.5) is 4.39 Å². The first-order valence-corrected chi connectivity index (χ1v) is 8.04. The van der Waals surface area contributed by atoms with Crippen molar-refractivity contribution in [2.75, 3.05) is 13.1 Å². The first-order valence-electron chi connectivity index (χ1n) is 6.85. The van der Waals surface area contributed by atoms with Gasteiger partial charge in [0.15, 0.2) is 0 Å². The smallest absolute Gasteiger partial charge is 0.125 e. The van der Waals surface area contributed by atoms with Gasteiger partial charge < -0.3 is 10.7 Å². The Hall–Kier alpha value is -1.53. The fraction of sp³-hybridized carbons (Fsp3) is 0.125. The Balaban J connectivity index is 1.99. The lowest BCUT2D eigenvalue weighted by atomic mass is 10.0. The van der Waals surface area contributed by atoms with E-state index in [0.29, 0.717) is 11.6 Å². The summed E-state index contributed by atoms with van der Waals surface area (Å²) in [6.07, 6.45) is 1.87. The second-order valence-corrected chi connectivity index (χ2v) is 6.25. The van der Waals surface area contributed by atoms with Crippen LogP contribution in [0.3, 0.4) is 0 Å². The highest BCUT2D eigenvalue weighted by Gasteiger charge is 2.09. The van der Waals surface area contributed by atoms with E-state index in [-0.39, 0.29) is 5.82 Å². The fourth-order valence-electron chi connectivity index (χ4n) is 2.31. The molecule has 3 aromatic rings. The molecule has 0 bridgehead atoms. The van der Waals surface area contributed by atoms with Gasteiger partial charge in [-0.3, -0.25) is 4.72 Å². The first kappa shape index (κ1) is 15.4. The van der Waals surface area contributed by atoms with E-state index in [4.69, 9.17) is 17.3 Å². The molecule has 0 unspecified atom stereocenters. The molecule has 0 radical (unpaired) electrons. The van der Waals surface area contributed by atoms with Gasteiger partial charge >= 0.3 is 0 Å². The number of halogens is 2. The van der Waals surface area contributed by atoms with Crippen LogP contribution in [0.25, 0.3) is 22.0 Å². The highest BCUT2D eigenvalue weighted by molar-refractivity contribution is 7.97. The Morgan fingerprint density at radius 1 is 1.23 bits per heavy atom. The van der Waals surface area contributed by atoms with Crippen LogP contribution in [0.2, 0.25) is 5.02 Å². The van der Waals surface area contributed by atoms with E-state index in [1.807, 2.05) is 24.4 Å². The Bertz CT molecular complexity index is 803. The minimum atomic E-state index is -0.255. The number of fused-ring (bicyclic) bond motifs is 1. The summed E-state index contributed by atoms with van der Waals surface area (Å²) in [5.41, 5.74) is 8.22. The van der Waals surface area contributed by atoms with Gasteiger partial charge in [0.2, 0.25) is 0 Å². The maximum atomic E-state index is 13.3. The largest absolute Gasteiger partial charge is 0.360 e. The predicted octanol–water partition coefficient (Wildman–Crippen LogP) is 4.18. The number of aromatic amines is 1. The van der Waals surface area contributed by atoms with Gasteiger partial charge in [0, 0.05) is 45.7 Å². The van der Waals surface area contributed by atoms with Crippen LogP contribution in [0.5, 0.6) is 0 Å². The summed E-state index contributed by atoms with van der Waals surface area (Å²) in [6.45, 7) is 1.30. The summed E-state index contributed by atoms with van der Waals surface area (Å²) in [7, 11) is 0. The molecular weight excluding hydrogens is 321 g/mol. The van der Waals surface area contributed by atoms with E-state index in [1.165, 1.54) is 24.1 Å². The quantitative estimate of drug-likeness (QED) is 0.484. The number of nitrogens with one attached hydrogen (secondary N) is 2. The molecule has 22 heavy (non-hydrogen) atoms. The van der Waals surface area contributed by atoms with Crippen LogP contribution in [0.1, 0.15) is 0 Å². The molecule has 1 aromatic heterocycles. The lowest BCUT2D eigenvalue weighted by molar-refractivity contribution is 0.629. The fourth-order valence-corrected chi connectivity index (χ4v) is 3.37. The van der Waals surface area contributed by atoms with Crippen LogP contribution in [-0.2, 0) is 0 Å². The monoisotopic (exact) mass is 335 g/mol. The van der Waals surface area contributed by atoms with E-state index in [1.54, 1.807) is 6.07 Å². The molecule has 0 spiro atoms. The number of hydrogen-bond donors (Lipinski definition) is 3. The Kier molecular flexibility index (Phi) is 4.69. The average Bonchev–Trinajstić information content (AvgIpc) is 2.90. The molecular formula is C16H15ClFN3S. The van der Waals surface area contributed by atoms with Gasteiger partial charge in [0.1, 0.15) is 5.82 Å². The molecule has 0 atom stereocenters. The minimum absolute atomic E-state index is 0.255. The van der Waals surface area contributed by atoms with E-state index in [9.17, 15) is 4.39 Å². The Labute approximate surface area is 137 Å². The molecule has 0 saturated heterocycles. The van der Waals surface area contributed by atoms with Crippen molar-refractivity contribution in [1.29, 1.82) is 0 Å². The van der Waals surface area contributed by atoms with E-state index >= 15 is 0 Å². The Morgan fingerprint density at radius 2 is 2.09 bits per heavy atom. The molecule has 2 aromatic carbocycles. The zero-order valence-corrected chi connectivity index (χ0v) is 13.3. The maximum absolute atomic E-state index is 13.3. The third-order valence-electron chi connectivity index (χ3n) is 3.26. The normalized spacial score (nSPS) is 11.2. The van der Waals surface area contributed by atoms with Gasteiger partial charge in [0.25, 0.3) is 0 Å². The van der Waals surface area contributed by atoms with Crippen molar-refractivity contribution in [3.8, 4) is 11.1 Å². The van der Waals surface area contributed by atoms with Crippen LogP contribution in [0, 0.1) is 5.82 Å². The van der Waals surface area contributed by atoms with Gasteiger partial charge in [-0.2, -0.15) is 0 Å². The zero-order chi connectivity index (χ0) is 15.5. The van der Waals surface area contributed by atoms with Gasteiger partial charge in [-0.1, -0.05) is 11.6 Å². The van der Waals surface area contributed by atoms with Crippen molar-refractivity contribution in [2.45, 2.75) is 4.90 Å². The van der Waals surface area contributed by atoms with E-state index in [2.05, 4.69) is 9.71 Å². The lowest BCUT2D eigenvalue weighted by Crippen LogP contribution is -2.15. The molecule has 114 valence electrons. The molecule has 1 heterocycles. The standard InChI is InChI=1S/C16H15ClFN3S/c17-11-5-10(6-13(7-11)22-21-4-3-19)15-9-20-16-8-12(18)1-2-14(15)16/h1-2,5-9,20-21H,3-4,19H2. The number of benzene rings is 2. The summed E-state index contributed by atoms with van der Waals surface area (Å²) in [4.78, 5) is 4.10. The molecule has 3 rings (SSSR count). The average molecular weight is 336 g/mol. The van der Waals surface area contributed by atoms with E-state index in [0.717, 1.165) is 33.5 Å². The summed E-state index contributed by atoms with van der Waals surface area (Å²) >= 11 is 7.71. The summed E-state index contributed by atoms with van der Waals surface area (Å²) in [5.74, 6) is -0.255. The van der Waals surface area contributed by atoms with Crippen LogP contribution in [0.15, 0.2) is 47.5 Å². The van der Waals surface area contributed by atoms with Crippen molar-refractivity contribution in [2.24, 2.45) is 5.73 Å². The van der Waals surface area contributed by atoms with Crippen LogP contribution < -0.4 is 10.5 Å². The lowest BCUT2D eigenvalue weighted by Gasteiger charge is -2.07. The molecule has 6 heteroatoms. The van der Waals surface area contributed by atoms with Crippen molar-refractivity contribution in [1.82, 2.24) is 9.71 Å². The molecule has 0 aliphatic heterocycles. The predicted molar refractivity (Wildman–Crippen MR) is 91.6 cm³/mol. The molecule has 3 nitrogen and oxygen atoms in total. The Morgan fingerprint density at radius 3 is 2.91 bits per heavy atom. The second kappa shape index (κ2) is 6.71. The van der Waals surface area contributed by atoms with Crippen molar-refractivity contribution >= 4 is 34.5 Å². The first-order chi connectivity index (χ1) is 10.7. The number of hydrogen-bond acceptors (Lipinski definition) is 3. The molecule has 0 fully saturated rings. The minimum Gasteiger partial charge on any atom is -0.360 e. The third-order valence-corrected chi connectivity index (χ3v) is 4.30. The molecule has 0 amide bonds. The zero-order valence-electron chi connectivity index (χ0n) is 11.7. The number of H-pyrrole nitrogens is 1. The van der Waals surface area contributed by atoms with Crippen molar-refractivity contribution in [3.63, 3.8) is 0 Å².